The zero-order valence-electron chi connectivity index (χ0n) is 9.85. The van der Waals surface area contributed by atoms with E-state index in [1.165, 1.54) is 0 Å². The molecule has 0 aromatic heterocycles. The Morgan fingerprint density at radius 3 is 2.57 bits per heavy atom. The molecule has 1 N–H and O–H groups in total. The van der Waals surface area contributed by atoms with E-state index in [9.17, 15) is 4.79 Å². The first-order chi connectivity index (χ1) is 6.52. The summed E-state index contributed by atoms with van der Waals surface area (Å²) in [5.74, 6) is 0.146. The number of nitrogens with one attached hydrogen (secondary N) is 1. The topological polar surface area (TPSA) is 38.3 Å². The summed E-state index contributed by atoms with van der Waals surface area (Å²) in [5, 5.41) is 2.89. The molecule has 0 bridgehead atoms. The van der Waals surface area contributed by atoms with E-state index >= 15 is 0 Å². The number of hydrogen-bond acceptors (Lipinski definition) is 2. The first kappa shape index (κ1) is 13.4. The number of carbonyl (C=O) groups is 1. The van der Waals surface area contributed by atoms with Gasteiger partial charge in [0.2, 0.25) is 5.91 Å². The van der Waals surface area contributed by atoms with Crippen LogP contribution in [-0.4, -0.2) is 26.2 Å². The van der Waals surface area contributed by atoms with Gasteiger partial charge in [0.1, 0.15) is 0 Å². The average Bonchev–Trinajstić information content (AvgIpc) is 2.12. The van der Waals surface area contributed by atoms with Gasteiger partial charge in [-0.15, -0.1) is 0 Å². The third-order valence-electron chi connectivity index (χ3n) is 2.44. The van der Waals surface area contributed by atoms with E-state index in [1.807, 2.05) is 0 Å². The van der Waals surface area contributed by atoms with Gasteiger partial charge in [0.25, 0.3) is 0 Å². The molecule has 84 valence electrons. The van der Waals surface area contributed by atoms with Crippen LogP contribution < -0.4 is 5.32 Å². The fraction of sp³-hybridized carbons (Fsp3) is 0.909. The summed E-state index contributed by atoms with van der Waals surface area (Å²) in [6.07, 6.45) is 2.52. The van der Waals surface area contributed by atoms with Crippen LogP contribution in [-0.2, 0) is 9.53 Å². The summed E-state index contributed by atoms with van der Waals surface area (Å²) >= 11 is 0. The Hall–Kier alpha value is -0.570. The predicted octanol–water partition coefficient (Wildman–Crippen LogP) is 1.97. The lowest BCUT2D eigenvalue weighted by molar-refractivity contribution is -0.123. The molecular weight excluding hydrogens is 178 g/mol. The van der Waals surface area contributed by atoms with Crippen molar-refractivity contribution in [1.29, 1.82) is 0 Å². The van der Waals surface area contributed by atoms with Crippen molar-refractivity contribution in [3.8, 4) is 0 Å². The normalized spacial score (nSPS) is 11.4. The van der Waals surface area contributed by atoms with Gasteiger partial charge in [-0.1, -0.05) is 27.2 Å². The molecule has 0 aliphatic heterocycles. The van der Waals surface area contributed by atoms with Crippen LogP contribution >= 0.6 is 0 Å². The van der Waals surface area contributed by atoms with Crippen LogP contribution in [0.2, 0.25) is 0 Å². The molecule has 0 unspecified atom stereocenters. The second kappa shape index (κ2) is 6.82. The molecular formula is C11H23NO2. The Labute approximate surface area is 87.2 Å². The second-order valence-corrected chi connectivity index (χ2v) is 4.39. The van der Waals surface area contributed by atoms with Crippen LogP contribution in [0, 0.1) is 5.41 Å². The largest absolute Gasteiger partial charge is 0.385 e. The first-order valence-electron chi connectivity index (χ1n) is 5.27. The molecule has 0 heterocycles. The molecule has 0 saturated heterocycles. The Morgan fingerprint density at radius 1 is 1.43 bits per heavy atom. The predicted molar refractivity (Wildman–Crippen MR) is 58.2 cm³/mol. The molecule has 0 atom stereocenters. The highest BCUT2D eigenvalue weighted by atomic mass is 16.5. The lowest BCUT2D eigenvalue weighted by atomic mass is 9.86. The molecule has 0 aliphatic rings. The van der Waals surface area contributed by atoms with Crippen LogP contribution in [0.25, 0.3) is 0 Å². The number of carbonyl (C=O) groups excluding carboxylic acids is 1. The minimum Gasteiger partial charge on any atom is -0.385 e. The summed E-state index contributed by atoms with van der Waals surface area (Å²) in [5.41, 5.74) is 0.116. The minimum atomic E-state index is 0.116. The Morgan fingerprint density at radius 2 is 2.07 bits per heavy atom. The number of hydrogen-bond donors (Lipinski definition) is 1. The molecule has 0 aliphatic carbocycles. The smallest absolute Gasteiger partial charge is 0.220 e. The van der Waals surface area contributed by atoms with Gasteiger partial charge in [0, 0.05) is 26.7 Å². The maximum atomic E-state index is 11.4. The summed E-state index contributed by atoms with van der Waals surface area (Å²) in [4.78, 5) is 11.4. The average molecular weight is 201 g/mol. The lowest BCUT2D eigenvalue weighted by Crippen LogP contribution is -2.29. The Kier molecular flexibility index (Phi) is 6.54. The highest BCUT2D eigenvalue weighted by Gasteiger charge is 2.18. The van der Waals surface area contributed by atoms with Gasteiger partial charge in [0.15, 0.2) is 0 Å². The fourth-order valence-electron chi connectivity index (χ4n) is 1.07. The number of amides is 1. The molecule has 0 radical (unpaired) electrons. The molecule has 0 aromatic carbocycles. The van der Waals surface area contributed by atoms with Gasteiger partial charge in [-0.3, -0.25) is 4.79 Å². The SMILES string of the molecule is CCC(C)(C)CC(=O)NCCCOC. The zero-order chi connectivity index (χ0) is 11.0. The van der Waals surface area contributed by atoms with Gasteiger partial charge in [-0.2, -0.15) is 0 Å². The molecule has 0 fully saturated rings. The number of methoxy groups -OCH3 is 1. The zero-order valence-corrected chi connectivity index (χ0v) is 9.85. The fourth-order valence-corrected chi connectivity index (χ4v) is 1.07. The van der Waals surface area contributed by atoms with Gasteiger partial charge >= 0.3 is 0 Å². The second-order valence-electron chi connectivity index (χ2n) is 4.39. The highest BCUT2D eigenvalue weighted by molar-refractivity contribution is 5.76. The highest BCUT2D eigenvalue weighted by Crippen LogP contribution is 2.23. The van der Waals surface area contributed by atoms with Gasteiger partial charge in [0.05, 0.1) is 0 Å². The minimum absolute atomic E-state index is 0.116. The van der Waals surface area contributed by atoms with Crippen molar-refractivity contribution in [3.05, 3.63) is 0 Å². The molecule has 0 aromatic rings. The van der Waals surface area contributed by atoms with E-state index in [0.29, 0.717) is 19.6 Å². The maximum absolute atomic E-state index is 11.4. The van der Waals surface area contributed by atoms with E-state index in [-0.39, 0.29) is 11.3 Å². The van der Waals surface area contributed by atoms with Crippen molar-refractivity contribution in [2.75, 3.05) is 20.3 Å². The summed E-state index contributed by atoms with van der Waals surface area (Å²) in [6.45, 7) is 7.76. The van der Waals surface area contributed by atoms with Gasteiger partial charge in [-0.25, -0.2) is 0 Å². The standard InChI is InChI=1S/C11H23NO2/c1-5-11(2,3)9-10(13)12-7-6-8-14-4/h5-9H2,1-4H3,(H,12,13). The van der Waals surface area contributed by atoms with Gasteiger partial charge in [-0.05, 0) is 11.8 Å². The van der Waals surface area contributed by atoms with E-state index in [2.05, 4.69) is 26.1 Å². The summed E-state index contributed by atoms with van der Waals surface area (Å²) in [7, 11) is 1.67. The van der Waals surface area contributed by atoms with E-state index in [4.69, 9.17) is 4.74 Å². The Balaban J connectivity index is 3.55. The molecule has 0 rings (SSSR count). The Bertz CT molecular complexity index is 167. The van der Waals surface area contributed by atoms with E-state index < -0.39 is 0 Å². The molecule has 1 amide bonds. The quantitative estimate of drug-likeness (QED) is 0.639. The van der Waals surface area contributed by atoms with Crippen LogP contribution in [0.15, 0.2) is 0 Å². The maximum Gasteiger partial charge on any atom is 0.220 e. The van der Waals surface area contributed by atoms with Crippen molar-refractivity contribution in [2.45, 2.75) is 40.0 Å². The third-order valence-corrected chi connectivity index (χ3v) is 2.44. The number of ether oxygens (including phenoxy) is 1. The monoisotopic (exact) mass is 201 g/mol. The van der Waals surface area contributed by atoms with Crippen LogP contribution in [0.1, 0.15) is 40.0 Å². The first-order valence-corrected chi connectivity index (χ1v) is 5.27. The third kappa shape index (κ3) is 6.89. The van der Waals surface area contributed by atoms with Crippen molar-refractivity contribution in [2.24, 2.45) is 5.41 Å². The molecule has 3 heteroatoms. The van der Waals surface area contributed by atoms with Gasteiger partial charge < -0.3 is 10.1 Å². The number of rotatable bonds is 7. The van der Waals surface area contributed by atoms with E-state index in [1.54, 1.807) is 7.11 Å². The summed E-state index contributed by atoms with van der Waals surface area (Å²) in [6, 6.07) is 0. The van der Waals surface area contributed by atoms with Crippen molar-refractivity contribution < 1.29 is 9.53 Å². The molecule has 0 saturated carbocycles. The van der Waals surface area contributed by atoms with Crippen LogP contribution in [0.5, 0.6) is 0 Å². The molecule has 0 spiro atoms. The summed E-state index contributed by atoms with van der Waals surface area (Å²) < 4.78 is 4.89. The van der Waals surface area contributed by atoms with Crippen molar-refractivity contribution in [3.63, 3.8) is 0 Å². The van der Waals surface area contributed by atoms with Crippen LogP contribution in [0.4, 0.5) is 0 Å². The van der Waals surface area contributed by atoms with E-state index in [0.717, 1.165) is 12.8 Å². The van der Waals surface area contributed by atoms with Crippen molar-refractivity contribution >= 4 is 5.91 Å². The lowest BCUT2D eigenvalue weighted by Gasteiger charge is -2.21. The molecule has 14 heavy (non-hydrogen) atoms. The molecule has 3 nitrogen and oxygen atoms in total. The van der Waals surface area contributed by atoms with Crippen LogP contribution in [0.3, 0.4) is 0 Å². The van der Waals surface area contributed by atoms with Crippen molar-refractivity contribution in [1.82, 2.24) is 5.32 Å².